The van der Waals surface area contributed by atoms with Gasteiger partial charge in [0, 0.05) is 18.5 Å². The number of likely N-dealkylation sites (tertiary alicyclic amines) is 1. The molecular formula is C19H23N3O. The van der Waals surface area contributed by atoms with Crippen molar-refractivity contribution in [2.45, 2.75) is 39.2 Å². The molecule has 1 aliphatic carbocycles. The zero-order chi connectivity index (χ0) is 15.9. The molecule has 0 unspecified atom stereocenters. The maximum atomic E-state index is 12.8. The number of carbonyl (C=O) groups is 1. The van der Waals surface area contributed by atoms with Crippen molar-refractivity contribution in [3.8, 4) is 0 Å². The van der Waals surface area contributed by atoms with Crippen molar-refractivity contribution in [3.63, 3.8) is 0 Å². The quantitative estimate of drug-likeness (QED) is 0.851. The average Bonchev–Trinajstić information content (AvgIpc) is 3.25. The second-order valence-corrected chi connectivity index (χ2v) is 7.06. The molecule has 2 aliphatic rings. The molecule has 2 aromatic rings. The lowest BCUT2D eigenvalue weighted by Crippen LogP contribution is -2.51. The van der Waals surface area contributed by atoms with Gasteiger partial charge in [0.25, 0.3) is 5.91 Å². The number of benzene rings is 1. The summed E-state index contributed by atoms with van der Waals surface area (Å²) in [5.74, 6) is 0.172. The lowest BCUT2D eigenvalue weighted by atomic mass is 9.95. The number of carbonyl (C=O) groups excluding carboxylic acids is 1. The first-order valence-corrected chi connectivity index (χ1v) is 8.59. The lowest BCUT2D eigenvalue weighted by molar-refractivity contribution is 0.0441. The second kappa shape index (κ2) is 5.52. The van der Waals surface area contributed by atoms with Crippen molar-refractivity contribution in [2.24, 2.45) is 5.41 Å². The molecule has 0 radical (unpaired) electrons. The summed E-state index contributed by atoms with van der Waals surface area (Å²) in [4.78, 5) is 14.8. The summed E-state index contributed by atoms with van der Waals surface area (Å²) < 4.78 is 2.00. The first-order chi connectivity index (χ1) is 11.2. The van der Waals surface area contributed by atoms with Gasteiger partial charge in [-0.1, -0.05) is 43.7 Å². The minimum atomic E-state index is 0.172. The topological polar surface area (TPSA) is 38.1 Å². The van der Waals surface area contributed by atoms with E-state index in [1.807, 2.05) is 27.8 Å². The summed E-state index contributed by atoms with van der Waals surface area (Å²) in [5.41, 5.74) is 3.60. The minimum Gasteiger partial charge on any atom is -0.337 e. The van der Waals surface area contributed by atoms with Crippen molar-refractivity contribution in [1.29, 1.82) is 0 Å². The standard InChI is InChI=1S/C19H23N3O/c1-2-6-17-16(18(23)21-13-19(14-21)9-10-19)11-20-22(17)12-15-7-4-3-5-8-15/h3-5,7-8,11H,2,6,9-10,12-14H2,1H3. The second-order valence-electron chi connectivity index (χ2n) is 7.06. The Morgan fingerprint density at radius 2 is 1.96 bits per heavy atom. The van der Waals surface area contributed by atoms with Crippen LogP contribution >= 0.6 is 0 Å². The Bertz CT molecular complexity index is 707. The van der Waals surface area contributed by atoms with Crippen LogP contribution in [0.4, 0.5) is 0 Å². The molecule has 0 N–H and O–H groups in total. The number of amides is 1. The molecular weight excluding hydrogens is 286 g/mol. The Hall–Kier alpha value is -2.10. The Balaban J connectivity index is 1.56. The Morgan fingerprint density at radius 1 is 1.22 bits per heavy atom. The zero-order valence-electron chi connectivity index (χ0n) is 13.7. The largest absolute Gasteiger partial charge is 0.337 e. The van der Waals surface area contributed by atoms with Crippen LogP contribution in [0.15, 0.2) is 36.5 Å². The molecule has 2 heterocycles. The highest BCUT2D eigenvalue weighted by atomic mass is 16.2. The van der Waals surface area contributed by atoms with Gasteiger partial charge in [0.1, 0.15) is 0 Å². The molecule has 2 fully saturated rings. The highest BCUT2D eigenvalue weighted by Gasteiger charge is 2.54. The molecule has 0 bridgehead atoms. The SMILES string of the molecule is CCCc1c(C(=O)N2CC3(CC3)C2)cnn1Cc1ccccc1. The molecule has 1 aromatic heterocycles. The van der Waals surface area contributed by atoms with Crippen molar-refractivity contribution in [3.05, 3.63) is 53.3 Å². The normalized spacial score (nSPS) is 18.0. The summed E-state index contributed by atoms with van der Waals surface area (Å²) in [6.45, 7) is 4.77. The fraction of sp³-hybridized carbons (Fsp3) is 0.474. The maximum Gasteiger partial charge on any atom is 0.257 e. The van der Waals surface area contributed by atoms with Crippen LogP contribution in [0.3, 0.4) is 0 Å². The highest BCUT2D eigenvalue weighted by Crippen LogP contribution is 2.53. The molecule has 1 aromatic carbocycles. The Kier molecular flexibility index (Phi) is 3.47. The molecule has 1 spiro atoms. The van der Waals surface area contributed by atoms with Crippen LogP contribution in [0.5, 0.6) is 0 Å². The fourth-order valence-corrected chi connectivity index (χ4v) is 3.55. The third-order valence-corrected chi connectivity index (χ3v) is 5.14. The molecule has 1 saturated carbocycles. The van der Waals surface area contributed by atoms with Crippen LogP contribution in [-0.2, 0) is 13.0 Å². The summed E-state index contributed by atoms with van der Waals surface area (Å²) in [6, 6.07) is 10.3. The smallest absolute Gasteiger partial charge is 0.257 e. The van der Waals surface area contributed by atoms with Crippen molar-refractivity contribution >= 4 is 5.91 Å². The zero-order valence-corrected chi connectivity index (χ0v) is 13.7. The first-order valence-electron chi connectivity index (χ1n) is 8.59. The van der Waals surface area contributed by atoms with Crippen molar-refractivity contribution in [2.75, 3.05) is 13.1 Å². The summed E-state index contributed by atoms with van der Waals surface area (Å²) in [7, 11) is 0. The van der Waals surface area contributed by atoms with Gasteiger partial charge in [-0.2, -0.15) is 5.10 Å². The van der Waals surface area contributed by atoms with E-state index in [4.69, 9.17) is 0 Å². The minimum absolute atomic E-state index is 0.172. The van der Waals surface area contributed by atoms with E-state index in [1.54, 1.807) is 6.20 Å². The van der Waals surface area contributed by atoms with Crippen LogP contribution in [-0.4, -0.2) is 33.7 Å². The monoisotopic (exact) mass is 309 g/mol. The van der Waals surface area contributed by atoms with Crippen LogP contribution < -0.4 is 0 Å². The molecule has 23 heavy (non-hydrogen) atoms. The third-order valence-electron chi connectivity index (χ3n) is 5.14. The first kappa shape index (κ1) is 14.5. The predicted molar refractivity (Wildman–Crippen MR) is 89.3 cm³/mol. The summed E-state index contributed by atoms with van der Waals surface area (Å²) in [5, 5.41) is 4.51. The van der Waals surface area contributed by atoms with E-state index < -0.39 is 0 Å². The van der Waals surface area contributed by atoms with Gasteiger partial charge in [-0.25, -0.2) is 0 Å². The number of hydrogen-bond acceptors (Lipinski definition) is 2. The van der Waals surface area contributed by atoms with Crippen LogP contribution in [0, 0.1) is 5.41 Å². The van der Waals surface area contributed by atoms with Crippen molar-refractivity contribution in [1.82, 2.24) is 14.7 Å². The van der Waals surface area contributed by atoms with Gasteiger partial charge in [-0.15, -0.1) is 0 Å². The molecule has 1 saturated heterocycles. The highest BCUT2D eigenvalue weighted by molar-refractivity contribution is 5.95. The van der Waals surface area contributed by atoms with Crippen LogP contribution in [0.1, 0.15) is 47.8 Å². The number of rotatable bonds is 5. The van der Waals surface area contributed by atoms with E-state index in [-0.39, 0.29) is 5.91 Å². The Labute approximate surface area is 137 Å². The average molecular weight is 309 g/mol. The van der Waals surface area contributed by atoms with Gasteiger partial charge in [0.15, 0.2) is 0 Å². The van der Waals surface area contributed by atoms with Crippen LogP contribution in [0.2, 0.25) is 0 Å². The Morgan fingerprint density at radius 3 is 2.61 bits per heavy atom. The van der Waals surface area contributed by atoms with E-state index in [2.05, 4.69) is 24.2 Å². The van der Waals surface area contributed by atoms with E-state index in [0.29, 0.717) is 5.41 Å². The molecule has 1 aliphatic heterocycles. The van der Waals surface area contributed by atoms with E-state index >= 15 is 0 Å². The van der Waals surface area contributed by atoms with E-state index in [1.165, 1.54) is 18.4 Å². The maximum absolute atomic E-state index is 12.8. The van der Waals surface area contributed by atoms with Crippen molar-refractivity contribution < 1.29 is 4.79 Å². The molecule has 4 rings (SSSR count). The van der Waals surface area contributed by atoms with Gasteiger partial charge in [-0.3, -0.25) is 9.48 Å². The fourth-order valence-electron chi connectivity index (χ4n) is 3.55. The molecule has 4 heteroatoms. The number of hydrogen-bond donors (Lipinski definition) is 0. The summed E-state index contributed by atoms with van der Waals surface area (Å²) >= 11 is 0. The van der Waals surface area contributed by atoms with Gasteiger partial charge < -0.3 is 4.90 Å². The van der Waals surface area contributed by atoms with E-state index in [9.17, 15) is 4.79 Å². The predicted octanol–water partition coefficient (Wildman–Crippen LogP) is 3.12. The lowest BCUT2D eigenvalue weighted by Gasteiger charge is -2.40. The van der Waals surface area contributed by atoms with Gasteiger partial charge >= 0.3 is 0 Å². The van der Waals surface area contributed by atoms with E-state index in [0.717, 1.165) is 43.7 Å². The third kappa shape index (κ3) is 2.67. The van der Waals surface area contributed by atoms with Crippen LogP contribution in [0.25, 0.3) is 0 Å². The molecule has 0 atom stereocenters. The number of aromatic nitrogens is 2. The summed E-state index contributed by atoms with van der Waals surface area (Å²) in [6.07, 6.45) is 6.28. The van der Waals surface area contributed by atoms with Gasteiger partial charge in [-0.05, 0) is 24.8 Å². The molecule has 1 amide bonds. The number of nitrogens with zero attached hydrogens (tertiary/aromatic N) is 3. The molecule has 120 valence electrons. The van der Waals surface area contributed by atoms with Gasteiger partial charge in [0.05, 0.1) is 24.0 Å². The molecule has 4 nitrogen and oxygen atoms in total. The van der Waals surface area contributed by atoms with Gasteiger partial charge in [0.2, 0.25) is 0 Å².